The van der Waals surface area contributed by atoms with Crippen LogP contribution in [0.15, 0.2) is 233 Å². The summed E-state index contributed by atoms with van der Waals surface area (Å²) in [5.41, 5.74) is 4.54. The highest BCUT2D eigenvalue weighted by molar-refractivity contribution is 6.29. The molecule has 28 nitrogen and oxygen atoms in total. The normalized spacial score (nSPS) is 12.3. The Morgan fingerprint density at radius 1 is 0.392 bits per heavy atom. The molecule has 0 radical (unpaired) electrons. The predicted octanol–water partition coefficient (Wildman–Crippen LogP) is 10.6. The molecule has 0 spiro atoms. The van der Waals surface area contributed by atoms with E-state index < -0.39 is 12.2 Å². The number of anilines is 5. The fourth-order valence-electron chi connectivity index (χ4n) is 10.6. The summed E-state index contributed by atoms with van der Waals surface area (Å²) in [4.78, 5) is 69.6. The first kappa shape index (κ1) is 99.7. The number of aliphatic hydroxyl groups is 2. The third-order valence-electron chi connectivity index (χ3n) is 17.9. The van der Waals surface area contributed by atoms with Crippen LogP contribution in [0.5, 0.6) is 0 Å². The van der Waals surface area contributed by atoms with Crippen molar-refractivity contribution in [1.82, 2.24) is 101 Å². The van der Waals surface area contributed by atoms with E-state index in [2.05, 4.69) is 120 Å². The second-order valence-corrected chi connectivity index (χ2v) is 28.1. The van der Waals surface area contributed by atoms with E-state index in [0.717, 1.165) is 142 Å². The van der Waals surface area contributed by atoms with Crippen LogP contribution in [0.4, 0.5) is 46.7 Å². The zero-order chi connectivity index (χ0) is 86.9. The van der Waals surface area contributed by atoms with Gasteiger partial charge in [0.05, 0.1) is 61.7 Å². The van der Waals surface area contributed by atoms with Crippen molar-refractivity contribution < 1.29 is 32.5 Å². The Kier molecular flexibility index (Phi) is 49.6. The van der Waals surface area contributed by atoms with Gasteiger partial charge >= 0.3 is 0 Å². The molecule has 1 aliphatic heterocycles. The first-order chi connectivity index (χ1) is 58.1. The van der Waals surface area contributed by atoms with E-state index in [1.807, 2.05) is 120 Å². The minimum Gasteiger partial charge on any atom is -0.387 e. The van der Waals surface area contributed by atoms with Gasteiger partial charge in [0, 0.05) is 213 Å². The number of nitrogens with one attached hydrogen (secondary N) is 4. The Labute approximate surface area is 710 Å². The fourth-order valence-corrected chi connectivity index (χ4v) is 10.7. The van der Waals surface area contributed by atoms with Crippen molar-refractivity contribution in [3.05, 3.63) is 289 Å². The van der Waals surface area contributed by atoms with Crippen LogP contribution < -0.4 is 45.8 Å². The van der Waals surface area contributed by atoms with Gasteiger partial charge in [-0.05, 0) is 138 Å². The number of ether oxygens (including phenoxy) is 1. The number of likely N-dealkylation sites (N-methyl/N-ethyl adjacent to an activating group) is 10. The van der Waals surface area contributed by atoms with E-state index >= 15 is 0 Å². The van der Waals surface area contributed by atoms with Gasteiger partial charge in [-0.3, -0.25) is 34.9 Å². The number of rotatable bonds is 36. The molecule has 4 unspecified atom stereocenters. The number of hydrogen-bond acceptors (Lipinski definition) is 28. The summed E-state index contributed by atoms with van der Waals surface area (Å²) in [7, 11) is 21.7. The lowest BCUT2D eigenvalue weighted by Gasteiger charge is -2.27. The Balaban J connectivity index is 0.000000256. The molecule has 4 aromatic carbocycles. The fraction of sp³-hybridized carbons (Fsp3) is 0.391. The zero-order valence-corrected chi connectivity index (χ0v) is 71.8. The van der Waals surface area contributed by atoms with E-state index in [1.54, 1.807) is 148 Å². The maximum Gasteiger partial charge on any atom is 0.147 e. The summed E-state index contributed by atoms with van der Waals surface area (Å²) in [5, 5.41) is 33.5. The Morgan fingerprint density at radius 2 is 0.725 bits per heavy atom. The van der Waals surface area contributed by atoms with Crippen LogP contribution in [0.2, 0.25) is 5.15 Å². The van der Waals surface area contributed by atoms with Crippen LogP contribution in [0.25, 0.3) is 0 Å². The molecule has 120 heavy (non-hydrogen) atoms. The SMILES string of the molecule is CCCCNC.CN(CCN(C)c1cnccn1)CC(NCc1ccccn1)c1ccc(F)cc1.CN(CCN(C)c1cnccn1)CC(O)c1ccc(F)cc1.CN(CCN(C)c1cnccn1)CC(O)c1ccc(F)cc1.CNCCN(C)c1cnccn1.CNCCN(C)c1cnccn1.Clc1cnccn1.Fc1ccc(C2CO2)cc1. The first-order valence-corrected chi connectivity index (χ1v) is 39.9. The number of aromatic nitrogens is 13. The van der Waals surface area contributed by atoms with Crippen LogP contribution in [0, 0.1) is 23.3 Å². The minimum absolute atomic E-state index is 0.0597. The summed E-state index contributed by atoms with van der Waals surface area (Å²) in [6, 6.07) is 30.9. The molecule has 6 N–H and O–H groups in total. The monoisotopic (exact) mass is 1670 g/mol. The molecular formula is C87H120ClF4N25O3. The van der Waals surface area contributed by atoms with Gasteiger partial charge in [-0.15, -0.1) is 0 Å². The lowest BCUT2D eigenvalue weighted by atomic mass is 10.1. The third kappa shape index (κ3) is 43.2. The molecule has 0 amide bonds. The Bertz CT molecular complexity index is 4140. The molecule has 1 saturated heterocycles. The van der Waals surface area contributed by atoms with Crippen LogP contribution in [0.3, 0.4) is 0 Å². The van der Waals surface area contributed by atoms with E-state index in [-0.39, 0.29) is 35.4 Å². The standard InChI is InChI=1S/C22H27FN6.2C16H21FN4O.C8H7FO.2C8H14N4.C5H13N.C4H3ClN2/c1-28(13-14-29(2)22-16-24-11-12-26-22)17-21(18-6-8-19(23)9-7-18)27-15-20-5-3-4-10-25-20;2*1-20(9-10-21(2)16-11-18-7-8-19-16)12-15(22)13-3-5-14(17)6-4-13;9-7-3-1-6(2-4-7)8-5-10-8;2*1-9-5-6-12(2)8-7-10-3-4-11-8;1-3-4-5-6-2;5-4-3-6-1-2-7-4/h3-12,16,21,27H,13-15,17H2,1-2H3;2*3-8,11,15,22H,9-10,12H2,1-2H3;1-4,8H,5H2;2*3-4,7,9H,5-6H2,1-2H3;6H,3-5H2,1-2H3;1-3H. The van der Waals surface area contributed by atoms with Crippen molar-refractivity contribution >= 4 is 40.7 Å². The molecule has 646 valence electrons. The highest BCUT2D eigenvalue weighted by Gasteiger charge is 2.24. The Hall–Kier alpha value is -10.9. The van der Waals surface area contributed by atoms with Crippen molar-refractivity contribution in [1.29, 1.82) is 0 Å². The topological polar surface area (TPSA) is 295 Å². The predicted molar refractivity (Wildman–Crippen MR) is 471 cm³/mol. The zero-order valence-electron chi connectivity index (χ0n) is 71.1. The van der Waals surface area contributed by atoms with Gasteiger partial charge in [-0.1, -0.05) is 79.5 Å². The molecular weight excluding hydrogens is 1550 g/mol. The number of pyridine rings is 1. The van der Waals surface area contributed by atoms with Crippen molar-refractivity contribution in [2.75, 3.05) is 200 Å². The van der Waals surface area contributed by atoms with Crippen molar-refractivity contribution in [2.24, 2.45) is 0 Å². The number of halogens is 5. The Morgan fingerprint density at radius 3 is 1.01 bits per heavy atom. The second kappa shape index (κ2) is 59.7. The van der Waals surface area contributed by atoms with Gasteiger partial charge in [0.25, 0.3) is 0 Å². The summed E-state index contributed by atoms with van der Waals surface area (Å²) in [5.74, 6) is 3.29. The summed E-state index contributed by atoms with van der Waals surface area (Å²) >= 11 is 5.37. The molecule has 4 atom stereocenters. The van der Waals surface area contributed by atoms with Gasteiger partial charge in [0.1, 0.15) is 63.6 Å². The van der Waals surface area contributed by atoms with Gasteiger partial charge in [-0.25, -0.2) is 47.5 Å². The number of epoxide rings is 1. The number of benzene rings is 4. The van der Waals surface area contributed by atoms with Crippen LogP contribution in [0.1, 0.15) is 72.1 Å². The van der Waals surface area contributed by atoms with Gasteiger partial charge < -0.3 is 75.4 Å². The van der Waals surface area contributed by atoms with Crippen LogP contribution >= 0.6 is 11.6 Å². The second-order valence-electron chi connectivity index (χ2n) is 27.7. The molecule has 7 aromatic heterocycles. The molecule has 11 aromatic rings. The van der Waals surface area contributed by atoms with Crippen molar-refractivity contribution in [2.45, 2.75) is 50.7 Å². The molecule has 0 aliphatic carbocycles. The minimum atomic E-state index is -0.632. The third-order valence-corrected chi connectivity index (χ3v) is 18.1. The number of nitrogens with zero attached hydrogens (tertiary/aromatic N) is 21. The maximum absolute atomic E-state index is 13.4. The van der Waals surface area contributed by atoms with Gasteiger partial charge in [-0.2, -0.15) is 0 Å². The first-order valence-electron chi connectivity index (χ1n) is 39.5. The van der Waals surface area contributed by atoms with Gasteiger partial charge in [0.15, 0.2) is 0 Å². The van der Waals surface area contributed by atoms with Crippen molar-refractivity contribution in [3.63, 3.8) is 0 Å². The lowest BCUT2D eigenvalue weighted by molar-refractivity contribution is 0.128. The van der Waals surface area contributed by atoms with E-state index in [0.29, 0.717) is 24.8 Å². The van der Waals surface area contributed by atoms with E-state index in [9.17, 15) is 27.8 Å². The molecule has 8 heterocycles. The number of hydrogen-bond donors (Lipinski definition) is 6. The molecule has 12 rings (SSSR count). The highest BCUT2D eigenvalue weighted by Crippen LogP contribution is 2.29. The average Bonchev–Trinajstić information content (AvgIpc) is 1.66. The summed E-state index contributed by atoms with van der Waals surface area (Å²) < 4.78 is 56.5. The lowest BCUT2D eigenvalue weighted by Crippen LogP contribution is -2.37. The maximum atomic E-state index is 13.4. The van der Waals surface area contributed by atoms with Crippen molar-refractivity contribution in [3.8, 4) is 0 Å². The molecule has 1 aliphatic rings. The highest BCUT2D eigenvalue weighted by atomic mass is 35.5. The van der Waals surface area contributed by atoms with E-state index in [1.165, 1.54) is 67.6 Å². The molecule has 33 heteroatoms. The van der Waals surface area contributed by atoms with Gasteiger partial charge in [0.2, 0.25) is 0 Å². The summed E-state index contributed by atoms with van der Waals surface area (Å²) in [6.07, 6.45) is 33.4. The largest absolute Gasteiger partial charge is 0.387 e. The van der Waals surface area contributed by atoms with Crippen LogP contribution in [-0.4, -0.2) is 265 Å². The number of unbranched alkanes of at least 4 members (excludes halogenated alkanes) is 1. The number of aliphatic hydroxyl groups excluding tert-OH is 2. The molecule has 1 fully saturated rings. The molecule has 0 saturated carbocycles. The van der Waals surface area contributed by atoms with E-state index in [4.69, 9.17) is 16.3 Å². The summed E-state index contributed by atoms with van der Waals surface area (Å²) in [6.45, 7) is 15.1. The quantitative estimate of drug-likeness (QED) is 0.0121. The smallest absolute Gasteiger partial charge is 0.147 e. The van der Waals surface area contributed by atoms with Crippen LogP contribution in [-0.2, 0) is 11.3 Å². The average molecular weight is 1680 g/mol. The molecule has 0 bridgehead atoms.